The van der Waals surface area contributed by atoms with Crippen molar-refractivity contribution in [2.45, 2.75) is 18.7 Å². The molecule has 7 heteroatoms. The number of benzene rings is 2. The maximum absolute atomic E-state index is 12.6. The minimum absolute atomic E-state index is 0.0714. The number of aryl methyl sites for hydroxylation is 1. The molecule has 0 heterocycles. The molecule has 0 aromatic heterocycles. The minimum Gasteiger partial charge on any atom is -0.497 e. The summed E-state index contributed by atoms with van der Waals surface area (Å²) in [6.45, 7) is 3.96. The highest BCUT2D eigenvalue weighted by Crippen LogP contribution is 2.22. The van der Waals surface area contributed by atoms with Gasteiger partial charge in [-0.25, -0.2) is 8.42 Å². The van der Waals surface area contributed by atoms with Crippen LogP contribution in [0, 0.1) is 6.92 Å². The van der Waals surface area contributed by atoms with Gasteiger partial charge in [0, 0.05) is 17.8 Å². The van der Waals surface area contributed by atoms with Crippen molar-refractivity contribution in [2.75, 3.05) is 18.4 Å². The molecular weight excluding hydrogens is 328 g/mol. The van der Waals surface area contributed by atoms with Gasteiger partial charge in [0.25, 0.3) is 15.9 Å². The van der Waals surface area contributed by atoms with Crippen LogP contribution >= 0.6 is 0 Å². The molecule has 24 heavy (non-hydrogen) atoms. The summed E-state index contributed by atoms with van der Waals surface area (Å²) in [5, 5.41) is 2.65. The first-order valence-corrected chi connectivity index (χ1v) is 8.91. The fourth-order valence-electron chi connectivity index (χ4n) is 2.16. The summed E-state index contributed by atoms with van der Waals surface area (Å²) < 4.78 is 32.8. The number of hydrogen-bond acceptors (Lipinski definition) is 4. The van der Waals surface area contributed by atoms with E-state index in [1.54, 1.807) is 50.2 Å². The molecule has 0 fully saturated rings. The SMILES string of the molecule is CCNC(=O)c1ccc(C)c(S(=O)(=O)Nc2ccc(OC)cc2)c1. The van der Waals surface area contributed by atoms with Crippen molar-refractivity contribution in [1.82, 2.24) is 5.32 Å². The largest absolute Gasteiger partial charge is 0.497 e. The zero-order chi connectivity index (χ0) is 17.7. The summed E-state index contributed by atoms with van der Waals surface area (Å²) in [6, 6.07) is 11.1. The fraction of sp³-hybridized carbons (Fsp3) is 0.235. The molecule has 1 amide bonds. The molecule has 2 aromatic rings. The second-order valence-corrected chi connectivity index (χ2v) is 6.82. The van der Waals surface area contributed by atoms with Crippen molar-refractivity contribution in [3.63, 3.8) is 0 Å². The predicted octanol–water partition coefficient (Wildman–Crippen LogP) is 2.55. The van der Waals surface area contributed by atoms with Gasteiger partial charge < -0.3 is 10.1 Å². The highest BCUT2D eigenvalue weighted by atomic mass is 32.2. The van der Waals surface area contributed by atoms with Crippen LogP contribution in [0.15, 0.2) is 47.4 Å². The molecule has 2 N–H and O–H groups in total. The third-order valence-electron chi connectivity index (χ3n) is 3.42. The molecule has 0 bridgehead atoms. The minimum atomic E-state index is -3.81. The van der Waals surface area contributed by atoms with Gasteiger partial charge in [-0.15, -0.1) is 0 Å². The lowest BCUT2D eigenvalue weighted by Gasteiger charge is -2.12. The Labute approximate surface area is 141 Å². The summed E-state index contributed by atoms with van der Waals surface area (Å²) in [4.78, 5) is 12.0. The molecule has 0 unspecified atom stereocenters. The smallest absolute Gasteiger partial charge is 0.262 e. The van der Waals surface area contributed by atoms with Crippen LogP contribution in [0.3, 0.4) is 0 Å². The summed E-state index contributed by atoms with van der Waals surface area (Å²) in [7, 11) is -2.27. The zero-order valence-corrected chi connectivity index (χ0v) is 14.6. The number of ether oxygens (including phenoxy) is 1. The number of nitrogens with one attached hydrogen (secondary N) is 2. The molecule has 0 radical (unpaired) electrons. The second-order valence-electron chi connectivity index (χ2n) is 5.17. The predicted molar refractivity (Wildman–Crippen MR) is 93.0 cm³/mol. The van der Waals surface area contributed by atoms with Crippen LogP contribution in [0.4, 0.5) is 5.69 Å². The molecule has 2 aromatic carbocycles. The van der Waals surface area contributed by atoms with E-state index >= 15 is 0 Å². The number of rotatable bonds is 6. The average Bonchev–Trinajstić information content (AvgIpc) is 2.55. The Kier molecular flexibility index (Phi) is 5.46. The maximum Gasteiger partial charge on any atom is 0.262 e. The lowest BCUT2D eigenvalue weighted by atomic mass is 10.1. The zero-order valence-electron chi connectivity index (χ0n) is 13.8. The molecule has 0 atom stereocenters. The first kappa shape index (κ1) is 17.8. The van der Waals surface area contributed by atoms with Gasteiger partial charge in [0.2, 0.25) is 0 Å². The molecule has 0 aliphatic heterocycles. The van der Waals surface area contributed by atoms with Gasteiger partial charge >= 0.3 is 0 Å². The average molecular weight is 348 g/mol. The van der Waals surface area contributed by atoms with Crippen LogP contribution in [-0.4, -0.2) is 28.0 Å². The molecule has 0 saturated heterocycles. The fourth-order valence-corrected chi connectivity index (χ4v) is 3.49. The Morgan fingerprint density at radius 1 is 1.12 bits per heavy atom. The van der Waals surface area contributed by atoms with Gasteiger partial charge in [0.15, 0.2) is 0 Å². The van der Waals surface area contributed by atoms with E-state index in [0.29, 0.717) is 29.1 Å². The third kappa shape index (κ3) is 4.05. The van der Waals surface area contributed by atoms with E-state index in [0.717, 1.165) is 0 Å². The first-order chi connectivity index (χ1) is 11.4. The van der Waals surface area contributed by atoms with E-state index in [-0.39, 0.29) is 10.8 Å². The molecule has 0 spiro atoms. The van der Waals surface area contributed by atoms with E-state index in [9.17, 15) is 13.2 Å². The van der Waals surface area contributed by atoms with Crippen LogP contribution in [0.5, 0.6) is 5.75 Å². The van der Waals surface area contributed by atoms with Gasteiger partial charge in [0.05, 0.1) is 12.0 Å². The van der Waals surface area contributed by atoms with Gasteiger partial charge in [-0.05, 0) is 55.8 Å². The topological polar surface area (TPSA) is 84.5 Å². The summed E-state index contributed by atoms with van der Waals surface area (Å²) >= 11 is 0. The van der Waals surface area contributed by atoms with Gasteiger partial charge in [-0.3, -0.25) is 9.52 Å². The lowest BCUT2D eigenvalue weighted by molar-refractivity contribution is 0.0955. The highest BCUT2D eigenvalue weighted by molar-refractivity contribution is 7.92. The van der Waals surface area contributed by atoms with Crippen molar-refractivity contribution in [2.24, 2.45) is 0 Å². The number of amides is 1. The van der Waals surface area contributed by atoms with E-state index < -0.39 is 10.0 Å². The molecule has 0 aliphatic rings. The Morgan fingerprint density at radius 2 is 1.79 bits per heavy atom. The van der Waals surface area contributed by atoms with Crippen molar-refractivity contribution in [3.8, 4) is 5.75 Å². The van der Waals surface area contributed by atoms with E-state index in [2.05, 4.69) is 10.0 Å². The van der Waals surface area contributed by atoms with Crippen LogP contribution in [-0.2, 0) is 10.0 Å². The number of hydrogen-bond donors (Lipinski definition) is 2. The maximum atomic E-state index is 12.6. The molecule has 0 aliphatic carbocycles. The van der Waals surface area contributed by atoms with E-state index in [4.69, 9.17) is 4.74 Å². The van der Waals surface area contributed by atoms with E-state index in [1.807, 2.05) is 0 Å². The van der Waals surface area contributed by atoms with Crippen LogP contribution in [0.2, 0.25) is 0 Å². The standard InChI is InChI=1S/C17H20N2O4S/c1-4-18-17(20)13-6-5-12(2)16(11-13)24(21,22)19-14-7-9-15(23-3)10-8-14/h5-11,19H,4H2,1-3H3,(H,18,20). The Balaban J connectivity index is 2.33. The monoisotopic (exact) mass is 348 g/mol. The van der Waals surface area contributed by atoms with Crippen molar-refractivity contribution >= 4 is 21.6 Å². The van der Waals surface area contributed by atoms with Crippen LogP contribution < -0.4 is 14.8 Å². The van der Waals surface area contributed by atoms with E-state index in [1.165, 1.54) is 13.2 Å². The number of methoxy groups -OCH3 is 1. The number of sulfonamides is 1. The Morgan fingerprint density at radius 3 is 2.38 bits per heavy atom. The van der Waals surface area contributed by atoms with Crippen molar-refractivity contribution in [1.29, 1.82) is 0 Å². The molecule has 2 rings (SSSR count). The first-order valence-electron chi connectivity index (χ1n) is 7.43. The summed E-state index contributed by atoms with van der Waals surface area (Å²) in [5.74, 6) is 0.325. The number of anilines is 1. The highest BCUT2D eigenvalue weighted by Gasteiger charge is 2.19. The molecular formula is C17H20N2O4S. The normalized spacial score (nSPS) is 11.0. The Hall–Kier alpha value is -2.54. The second kappa shape index (κ2) is 7.35. The summed E-state index contributed by atoms with van der Waals surface area (Å²) in [6.07, 6.45) is 0. The van der Waals surface area contributed by atoms with Crippen molar-refractivity contribution in [3.05, 3.63) is 53.6 Å². The van der Waals surface area contributed by atoms with Crippen LogP contribution in [0.25, 0.3) is 0 Å². The Bertz CT molecular complexity index is 830. The van der Waals surface area contributed by atoms with Gasteiger partial charge in [0.1, 0.15) is 5.75 Å². The van der Waals surface area contributed by atoms with Crippen LogP contribution in [0.1, 0.15) is 22.8 Å². The number of carbonyl (C=O) groups excluding carboxylic acids is 1. The summed E-state index contributed by atoms with van der Waals surface area (Å²) in [5.41, 5.74) is 1.28. The third-order valence-corrected chi connectivity index (χ3v) is 4.94. The quantitative estimate of drug-likeness (QED) is 0.840. The van der Waals surface area contributed by atoms with Gasteiger partial charge in [-0.2, -0.15) is 0 Å². The lowest BCUT2D eigenvalue weighted by Crippen LogP contribution is -2.23. The molecule has 6 nitrogen and oxygen atoms in total. The molecule has 0 saturated carbocycles. The number of carbonyl (C=O) groups is 1. The van der Waals surface area contributed by atoms with Crippen molar-refractivity contribution < 1.29 is 17.9 Å². The van der Waals surface area contributed by atoms with Gasteiger partial charge in [-0.1, -0.05) is 6.07 Å². The molecule has 128 valence electrons.